The Bertz CT molecular complexity index is 785. The Morgan fingerprint density at radius 3 is 2.50 bits per heavy atom. The van der Waals surface area contributed by atoms with Gasteiger partial charge in [0.05, 0.1) is 16.5 Å². The molecule has 2 heterocycles. The molecular formula is C20H25ClN4O3. The summed E-state index contributed by atoms with van der Waals surface area (Å²) in [6.07, 6.45) is 8.96. The molecule has 3 unspecified atom stereocenters. The Morgan fingerprint density at radius 2 is 1.86 bits per heavy atom. The van der Waals surface area contributed by atoms with Gasteiger partial charge in [-0.1, -0.05) is 11.6 Å². The molecular weight excluding hydrogens is 380 g/mol. The fraction of sp³-hybridized carbons (Fsp3) is 0.700. The van der Waals surface area contributed by atoms with Crippen molar-refractivity contribution in [3.8, 4) is 0 Å². The normalized spacial score (nSPS) is 38.6. The predicted molar refractivity (Wildman–Crippen MR) is 101 cm³/mol. The summed E-state index contributed by atoms with van der Waals surface area (Å²) in [5.74, 6) is 1.47. The van der Waals surface area contributed by atoms with E-state index < -0.39 is 0 Å². The van der Waals surface area contributed by atoms with Crippen LogP contribution in [0.15, 0.2) is 12.4 Å². The maximum atomic E-state index is 13.0. The van der Waals surface area contributed by atoms with Crippen LogP contribution in [-0.4, -0.2) is 39.5 Å². The number of nitrogens with two attached hydrogens (primary N) is 1. The molecule has 4 bridgehead atoms. The summed E-state index contributed by atoms with van der Waals surface area (Å²) in [7, 11) is 0. The maximum absolute atomic E-state index is 13.0. The lowest BCUT2D eigenvalue weighted by Gasteiger charge is -2.58. The molecule has 1 aliphatic heterocycles. The van der Waals surface area contributed by atoms with Gasteiger partial charge in [-0.2, -0.15) is 0 Å². The van der Waals surface area contributed by atoms with Crippen molar-refractivity contribution in [2.75, 3.05) is 6.54 Å². The Hall–Kier alpha value is -1.89. The van der Waals surface area contributed by atoms with Gasteiger partial charge >= 0.3 is 6.09 Å². The fourth-order valence-electron chi connectivity index (χ4n) is 6.40. The summed E-state index contributed by atoms with van der Waals surface area (Å²) in [5, 5.41) is 0.479. The van der Waals surface area contributed by atoms with Crippen LogP contribution >= 0.6 is 11.6 Å². The minimum absolute atomic E-state index is 0.107. The van der Waals surface area contributed by atoms with E-state index >= 15 is 0 Å². The molecule has 1 saturated heterocycles. The molecule has 3 atom stereocenters. The van der Waals surface area contributed by atoms with Gasteiger partial charge in [-0.15, -0.1) is 0 Å². The molecule has 28 heavy (non-hydrogen) atoms. The average molecular weight is 405 g/mol. The van der Waals surface area contributed by atoms with Gasteiger partial charge < -0.3 is 10.5 Å². The monoisotopic (exact) mass is 404 g/mol. The number of carbonyl (C=O) groups excluding carboxylic acids is 2. The van der Waals surface area contributed by atoms with Crippen molar-refractivity contribution in [1.29, 1.82) is 0 Å². The number of primary amides is 1. The summed E-state index contributed by atoms with van der Waals surface area (Å²) >= 11 is 5.89. The van der Waals surface area contributed by atoms with E-state index in [4.69, 9.17) is 22.1 Å². The first-order valence-electron chi connectivity index (χ1n) is 10.2. The third kappa shape index (κ3) is 2.86. The molecule has 1 aromatic rings. The summed E-state index contributed by atoms with van der Waals surface area (Å²) in [4.78, 5) is 35.5. The third-order valence-corrected chi connectivity index (χ3v) is 7.57. The molecule has 8 heteroatoms. The molecule has 0 aromatic carbocycles. The second-order valence-electron chi connectivity index (χ2n) is 9.07. The lowest BCUT2D eigenvalue weighted by atomic mass is 9.48. The molecule has 7 nitrogen and oxygen atoms in total. The Kier molecular flexibility index (Phi) is 4.27. The second-order valence-corrected chi connectivity index (χ2v) is 9.51. The molecule has 4 aliphatic carbocycles. The molecule has 1 aromatic heterocycles. The van der Waals surface area contributed by atoms with Gasteiger partial charge in [-0.25, -0.2) is 14.8 Å². The molecule has 4 saturated carbocycles. The number of rotatable bonds is 3. The van der Waals surface area contributed by atoms with Crippen molar-refractivity contribution in [2.24, 2.45) is 28.9 Å². The lowest BCUT2D eigenvalue weighted by molar-refractivity contribution is -0.162. The zero-order chi connectivity index (χ0) is 19.5. The van der Waals surface area contributed by atoms with Crippen LogP contribution in [0, 0.1) is 23.2 Å². The zero-order valence-electron chi connectivity index (χ0n) is 15.7. The SMILES string of the molecule is NC(=O)[C@]12CC3CC(C1)[C@@H](OC(=O)N1CCCC1c1ncc(Cl)cn1)C(C3)C2. The minimum atomic E-state index is -0.368. The fourth-order valence-corrected chi connectivity index (χ4v) is 6.50. The predicted octanol–water partition coefficient (Wildman–Crippen LogP) is 3.08. The van der Waals surface area contributed by atoms with Crippen LogP contribution < -0.4 is 5.73 Å². The van der Waals surface area contributed by atoms with Gasteiger partial charge in [-0.3, -0.25) is 9.69 Å². The average Bonchev–Trinajstić information content (AvgIpc) is 3.14. The molecule has 2 N–H and O–H groups in total. The van der Waals surface area contributed by atoms with Crippen molar-refractivity contribution < 1.29 is 14.3 Å². The smallest absolute Gasteiger partial charge is 0.410 e. The van der Waals surface area contributed by atoms with Crippen molar-refractivity contribution in [3.63, 3.8) is 0 Å². The molecule has 2 amide bonds. The Labute approximate surface area is 169 Å². The number of carbonyl (C=O) groups is 2. The summed E-state index contributed by atoms with van der Waals surface area (Å²) in [5.41, 5.74) is 5.38. The minimum Gasteiger partial charge on any atom is -0.445 e. The first-order valence-corrected chi connectivity index (χ1v) is 10.6. The number of ether oxygens (including phenoxy) is 1. The van der Waals surface area contributed by atoms with Crippen molar-refractivity contribution in [1.82, 2.24) is 14.9 Å². The highest BCUT2D eigenvalue weighted by Gasteiger charge is 2.59. The molecule has 0 spiro atoms. The van der Waals surface area contributed by atoms with Crippen molar-refractivity contribution in [3.05, 3.63) is 23.2 Å². The molecule has 5 fully saturated rings. The van der Waals surface area contributed by atoms with Crippen LogP contribution in [0.1, 0.15) is 56.8 Å². The van der Waals surface area contributed by atoms with Gasteiger partial charge in [0.2, 0.25) is 5.91 Å². The number of amides is 2. The summed E-state index contributed by atoms with van der Waals surface area (Å²) in [6, 6.07) is -0.168. The molecule has 5 aliphatic rings. The Balaban J connectivity index is 1.31. The van der Waals surface area contributed by atoms with Crippen molar-refractivity contribution in [2.45, 2.75) is 57.1 Å². The number of hydrogen-bond acceptors (Lipinski definition) is 5. The van der Waals surface area contributed by atoms with E-state index in [1.807, 2.05) is 0 Å². The third-order valence-electron chi connectivity index (χ3n) is 7.37. The number of likely N-dealkylation sites (tertiary alicyclic amines) is 1. The molecule has 6 rings (SSSR count). The molecule has 150 valence electrons. The number of nitrogens with zero attached hydrogens (tertiary/aromatic N) is 3. The highest BCUT2D eigenvalue weighted by atomic mass is 35.5. The van der Waals surface area contributed by atoms with E-state index in [0.29, 0.717) is 23.3 Å². The number of hydrogen-bond donors (Lipinski definition) is 1. The maximum Gasteiger partial charge on any atom is 0.410 e. The Morgan fingerprint density at radius 1 is 1.18 bits per heavy atom. The molecule has 0 radical (unpaired) electrons. The van der Waals surface area contributed by atoms with Gasteiger partial charge in [0.25, 0.3) is 0 Å². The topological polar surface area (TPSA) is 98.4 Å². The summed E-state index contributed by atoms with van der Waals surface area (Å²) in [6.45, 7) is 0.644. The van der Waals surface area contributed by atoms with E-state index in [0.717, 1.165) is 44.9 Å². The first-order chi connectivity index (χ1) is 13.4. The van der Waals surface area contributed by atoms with E-state index in [9.17, 15) is 9.59 Å². The van der Waals surface area contributed by atoms with E-state index in [1.54, 1.807) is 17.3 Å². The van der Waals surface area contributed by atoms with Gasteiger partial charge in [0, 0.05) is 18.9 Å². The standard InChI is InChI=1S/C20H25ClN4O3/c21-14-9-23-17(24-10-14)15-2-1-3-25(15)19(27)28-16-12-4-11-5-13(16)8-20(6-11,7-12)18(22)26/h9-13,15-16H,1-8H2,(H2,22,26)/t11?,12?,13?,15?,16-,20-. The van der Waals surface area contributed by atoms with Crippen LogP contribution in [-0.2, 0) is 9.53 Å². The van der Waals surface area contributed by atoms with Gasteiger partial charge in [0.1, 0.15) is 6.10 Å². The van der Waals surface area contributed by atoms with Crippen LogP contribution in [0.3, 0.4) is 0 Å². The van der Waals surface area contributed by atoms with E-state index in [1.165, 1.54) is 0 Å². The lowest BCUT2D eigenvalue weighted by Crippen LogP contribution is -2.59. The largest absolute Gasteiger partial charge is 0.445 e. The zero-order valence-corrected chi connectivity index (χ0v) is 16.5. The van der Waals surface area contributed by atoms with Crippen LogP contribution in [0.2, 0.25) is 5.02 Å². The summed E-state index contributed by atoms with van der Waals surface area (Å²) < 4.78 is 6.06. The quantitative estimate of drug-likeness (QED) is 0.834. The van der Waals surface area contributed by atoms with Crippen LogP contribution in [0.4, 0.5) is 4.79 Å². The van der Waals surface area contributed by atoms with Gasteiger partial charge in [-0.05, 0) is 62.7 Å². The number of aromatic nitrogens is 2. The number of halogens is 1. The van der Waals surface area contributed by atoms with E-state index in [2.05, 4.69) is 9.97 Å². The second kappa shape index (κ2) is 6.58. The first kappa shape index (κ1) is 18.2. The van der Waals surface area contributed by atoms with E-state index in [-0.39, 0.29) is 41.4 Å². The van der Waals surface area contributed by atoms with Gasteiger partial charge in [0.15, 0.2) is 5.82 Å². The highest BCUT2D eigenvalue weighted by Crippen LogP contribution is 2.60. The van der Waals surface area contributed by atoms with Crippen LogP contribution in [0.25, 0.3) is 0 Å². The van der Waals surface area contributed by atoms with Crippen LogP contribution in [0.5, 0.6) is 0 Å². The highest BCUT2D eigenvalue weighted by molar-refractivity contribution is 6.30. The van der Waals surface area contributed by atoms with Crippen molar-refractivity contribution >= 4 is 23.6 Å².